The van der Waals surface area contributed by atoms with E-state index in [0.717, 1.165) is 12.8 Å². The molecule has 0 atom stereocenters. The molecular weight excluding hydrogens is 332 g/mol. The van der Waals surface area contributed by atoms with E-state index in [2.05, 4.69) is 6.58 Å². The Morgan fingerprint density at radius 3 is 1.96 bits per heavy atom. The summed E-state index contributed by atoms with van der Waals surface area (Å²) in [5.41, 5.74) is 0.0823. The normalized spacial score (nSPS) is 10.5. The smallest absolute Gasteiger partial charge is 0.333 e. The Kier molecular flexibility index (Phi) is 16.3. The van der Waals surface area contributed by atoms with Gasteiger partial charge in [-0.25, -0.2) is 4.79 Å². The van der Waals surface area contributed by atoms with Crippen LogP contribution in [0.5, 0.6) is 0 Å². The maximum atomic E-state index is 11.5. The molecule has 1 N–H and O–H groups in total. The zero-order valence-corrected chi connectivity index (χ0v) is 15.0. The highest BCUT2D eigenvalue weighted by Crippen LogP contribution is 2.04. The lowest BCUT2D eigenvalue weighted by Gasteiger charge is -2.08. The van der Waals surface area contributed by atoms with Crippen molar-refractivity contribution in [2.24, 2.45) is 0 Å². The van der Waals surface area contributed by atoms with Crippen LogP contribution in [0.1, 0.15) is 26.2 Å². The van der Waals surface area contributed by atoms with E-state index in [1.165, 1.54) is 0 Å². The molecule has 8 heteroatoms. The second-order valence-corrected chi connectivity index (χ2v) is 5.05. The predicted molar refractivity (Wildman–Crippen MR) is 90.1 cm³/mol. The van der Waals surface area contributed by atoms with Crippen molar-refractivity contribution < 1.29 is 38.4 Å². The van der Waals surface area contributed by atoms with Crippen LogP contribution in [-0.4, -0.2) is 76.5 Å². The number of aliphatic hydroxyl groups is 1. The number of rotatable bonds is 17. The number of carbonyl (C=O) groups is 2. The van der Waals surface area contributed by atoms with E-state index in [1.54, 1.807) is 0 Å². The molecule has 0 heterocycles. The molecule has 0 spiro atoms. The van der Waals surface area contributed by atoms with E-state index in [4.69, 9.17) is 28.8 Å². The molecule has 0 radical (unpaired) electrons. The predicted octanol–water partition coefficient (Wildman–Crippen LogP) is 0.861. The minimum absolute atomic E-state index is 0.00474. The van der Waals surface area contributed by atoms with Gasteiger partial charge in [-0.15, -0.1) is 0 Å². The molecule has 146 valence electrons. The summed E-state index contributed by atoms with van der Waals surface area (Å²) in [7, 11) is 0. The van der Waals surface area contributed by atoms with Crippen molar-refractivity contribution in [1.82, 2.24) is 0 Å². The number of esters is 2. The fourth-order valence-corrected chi connectivity index (χ4v) is 1.53. The second-order valence-electron chi connectivity index (χ2n) is 5.05. The largest absolute Gasteiger partial charge is 0.463 e. The molecule has 0 saturated carbocycles. The minimum atomic E-state index is -0.568. The summed E-state index contributed by atoms with van der Waals surface area (Å²) in [6, 6.07) is 0. The number of ether oxygens (including phenoxy) is 5. The van der Waals surface area contributed by atoms with Gasteiger partial charge in [0.05, 0.1) is 59.3 Å². The van der Waals surface area contributed by atoms with Crippen LogP contribution < -0.4 is 0 Å². The fraction of sp³-hybridized carbons (Fsp3) is 0.765. The monoisotopic (exact) mass is 362 g/mol. The van der Waals surface area contributed by atoms with Crippen LogP contribution in [0.4, 0.5) is 0 Å². The average molecular weight is 362 g/mol. The van der Waals surface area contributed by atoms with Crippen LogP contribution in [0.2, 0.25) is 0 Å². The maximum absolute atomic E-state index is 11.5. The van der Waals surface area contributed by atoms with E-state index in [1.807, 2.05) is 6.92 Å². The lowest BCUT2D eigenvalue weighted by molar-refractivity contribution is -0.147. The van der Waals surface area contributed by atoms with Crippen LogP contribution in [0.3, 0.4) is 0 Å². The van der Waals surface area contributed by atoms with Crippen LogP contribution in [0.25, 0.3) is 0 Å². The summed E-state index contributed by atoms with van der Waals surface area (Å²) in [6.45, 7) is 8.09. The van der Waals surface area contributed by atoms with Gasteiger partial charge in [0.15, 0.2) is 0 Å². The third-order valence-corrected chi connectivity index (χ3v) is 2.85. The first-order valence-corrected chi connectivity index (χ1v) is 8.46. The Morgan fingerprint density at radius 1 is 0.840 bits per heavy atom. The summed E-state index contributed by atoms with van der Waals surface area (Å²) >= 11 is 0. The SMILES string of the molecule is C=C(CC(=O)OCCOCCOCCOCCO)C(=O)OCCCC. The topological polar surface area (TPSA) is 101 Å². The van der Waals surface area contributed by atoms with Crippen molar-refractivity contribution >= 4 is 11.9 Å². The summed E-state index contributed by atoms with van der Waals surface area (Å²) < 4.78 is 25.4. The standard InChI is InChI=1S/C17H30O8/c1-3-4-6-25-17(20)15(2)14-16(19)24-13-12-23-11-10-22-9-8-21-7-5-18/h18H,2-14H2,1H3. The zero-order chi connectivity index (χ0) is 18.8. The van der Waals surface area contributed by atoms with E-state index < -0.39 is 11.9 Å². The van der Waals surface area contributed by atoms with Crippen LogP contribution in [0, 0.1) is 0 Å². The van der Waals surface area contributed by atoms with Crippen molar-refractivity contribution in [1.29, 1.82) is 0 Å². The number of unbranched alkanes of at least 4 members (excludes halogenated alkanes) is 1. The van der Waals surface area contributed by atoms with Gasteiger partial charge in [-0.2, -0.15) is 0 Å². The van der Waals surface area contributed by atoms with Gasteiger partial charge in [-0.1, -0.05) is 19.9 Å². The van der Waals surface area contributed by atoms with Crippen molar-refractivity contribution in [3.8, 4) is 0 Å². The molecule has 0 saturated heterocycles. The van der Waals surface area contributed by atoms with Gasteiger partial charge in [0.25, 0.3) is 0 Å². The van der Waals surface area contributed by atoms with Gasteiger partial charge >= 0.3 is 11.9 Å². The first-order chi connectivity index (χ1) is 12.1. The molecule has 0 bridgehead atoms. The molecule has 0 rings (SSSR count). The molecule has 0 aromatic rings. The lowest BCUT2D eigenvalue weighted by atomic mass is 10.2. The molecule has 8 nitrogen and oxygen atoms in total. The Bertz CT molecular complexity index is 370. The zero-order valence-electron chi connectivity index (χ0n) is 15.0. The molecule has 0 aliphatic heterocycles. The number of carbonyl (C=O) groups excluding carboxylic acids is 2. The van der Waals surface area contributed by atoms with Crippen molar-refractivity contribution in [2.45, 2.75) is 26.2 Å². The Morgan fingerprint density at radius 2 is 1.40 bits per heavy atom. The van der Waals surface area contributed by atoms with Gasteiger partial charge < -0.3 is 28.8 Å². The van der Waals surface area contributed by atoms with Crippen LogP contribution >= 0.6 is 0 Å². The highest BCUT2D eigenvalue weighted by molar-refractivity contribution is 5.93. The third kappa shape index (κ3) is 15.8. The number of hydrogen-bond acceptors (Lipinski definition) is 8. The van der Waals surface area contributed by atoms with Gasteiger partial charge in [-0.05, 0) is 6.42 Å². The molecule has 0 aromatic heterocycles. The van der Waals surface area contributed by atoms with Gasteiger partial charge in [0, 0.05) is 5.57 Å². The van der Waals surface area contributed by atoms with E-state index in [0.29, 0.717) is 39.6 Å². The van der Waals surface area contributed by atoms with E-state index >= 15 is 0 Å². The second kappa shape index (κ2) is 17.3. The first kappa shape index (κ1) is 23.5. The van der Waals surface area contributed by atoms with Gasteiger partial charge in [-0.3, -0.25) is 4.79 Å². The van der Waals surface area contributed by atoms with E-state index in [9.17, 15) is 9.59 Å². The van der Waals surface area contributed by atoms with Gasteiger partial charge in [0.2, 0.25) is 0 Å². The molecule has 0 aromatic carbocycles. The lowest BCUT2D eigenvalue weighted by Crippen LogP contribution is -2.16. The highest BCUT2D eigenvalue weighted by Gasteiger charge is 2.13. The number of hydrogen-bond donors (Lipinski definition) is 1. The molecular formula is C17H30O8. The van der Waals surface area contributed by atoms with Crippen molar-refractivity contribution in [3.05, 3.63) is 12.2 Å². The third-order valence-electron chi connectivity index (χ3n) is 2.85. The molecule has 0 fully saturated rings. The quantitative estimate of drug-likeness (QED) is 0.231. The summed E-state index contributed by atoms with van der Waals surface area (Å²) in [4.78, 5) is 23.1. The average Bonchev–Trinajstić information content (AvgIpc) is 2.59. The summed E-state index contributed by atoms with van der Waals surface area (Å²) in [5, 5.41) is 8.50. The Hall–Kier alpha value is -1.48. The Balaban J connectivity index is 3.46. The van der Waals surface area contributed by atoms with E-state index in [-0.39, 0.29) is 31.8 Å². The molecule has 0 unspecified atom stereocenters. The number of aliphatic hydroxyl groups excluding tert-OH is 1. The first-order valence-electron chi connectivity index (χ1n) is 8.46. The molecule has 0 amide bonds. The van der Waals surface area contributed by atoms with Crippen LogP contribution in [0.15, 0.2) is 12.2 Å². The highest BCUT2D eigenvalue weighted by atomic mass is 16.6. The van der Waals surface area contributed by atoms with Crippen molar-refractivity contribution in [2.75, 3.05) is 59.5 Å². The molecule has 0 aliphatic carbocycles. The van der Waals surface area contributed by atoms with Gasteiger partial charge in [0.1, 0.15) is 6.61 Å². The van der Waals surface area contributed by atoms with Crippen LogP contribution in [-0.2, 0) is 33.3 Å². The maximum Gasteiger partial charge on any atom is 0.333 e. The fourth-order valence-electron chi connectivity index (χ4n) is 1.53. The molecule has 0 aliphatic rings. The molecule has 25 heavy (non-hydrogen) atoms. The summed E-state index contributed by atoms with van der Waals surface area (Å²) in [5.74, 6) is -1.11. The van der Waals surface area contributed by atoms with Crippen molar-refractivity contribution in [3.63, 3.8) is 0 Å². The Labute approximate surface area is 149 Å². The minimum Gasteiger partial charge on any atom is -0.463 e. The summed E-state index contributed by atoms with van der Waals surface area (Å²) in [6.07, 6.45) is 1.51.